The summed E-state index contributed by atoms with van der Waals surface area (Å²) in [6, 6.07) is 0.217. The van der Waals surface area contributed by atoms with Crippen molar-refractivity contribution in [2.75, 3.05) is 7.11 Å². The fourth-order valence-corrected chi connectivity index (χ4v) is 3.15. The quantitative estimate of drug-likeness (QED) is 0.783. The molecule has 2 aliphatic carbocycles. The number of nitrogens with one attached hydrogen (secondary N) is 1. The molecule has 0 heterocycles. The van der Waals surface area contributed by atoms with Gasteiger partial charge in [0.05, 0.1) is 12.1 Å². The Morgan fingerprint density at radius 1 is 1.22 bits per heavy atom. The summed E-state index contributed by atoms with van der Waals surface area (Å²) in [7, 11) is 1.75. The first-order chi connectivity index (χ1) is 8.72. The smallest absolute Gasteiger partial charge is 0.224 e. The molecule has 1 N–H and O–H groups in total. The predicted molar refractivity (Wildman–Crippen MR) is 72.2 cm³/mol. The Labute approximate surface area is 110 Å². The molecule has 1 amide bonds. The summed E-state index contributed by atoms with van der Waals surface area (Å²) in [4.78, 5) is 12.3. The third-order valence-electron chi connectivity index (χ3n) is 4.42. The van der Waals surface area contributed by atoms with E-state index in [-0.39, 0.29) is 24.0 Å². The first kappa shape index (κ1) is 13.6. The second kappa shape index (κ2) is 6.37. The van der Waals surface area contributed by atoms with Crippen LogP contribution in [0, 0.1) is 11.8 Å². The maximum Gasteiger partial charge on any atom is 0.224 e. The molecule has 0 aromatic heterocycles. The highest BCUT2D eigenvalue weighted by molar-refractivity contribution is 5.79. The fourth-order valence-electron chi connectivity index (χ4n) is 3.15. The Morgan fingerprint density at radius 3 is 2.67 bits per heavy atom. The van der Waals surface area contributed by atoms with E-state index in [9.17, 15) is 4.79 Å². The number of hydrogen-bond acceptors (Lipinski definition) is 2. The molecule has 102 valence electrons. The molecule has 0 aliphatic heterocycles. The summed E-state index contributed by atoms with van der Waals surface area (Å²) in [5.41, 5.74) is 0. The molecule has 2 aliphatic rings. The molecule has 0 spiro atoms. The van der Waals surface area contributed by atoms with E-state index in [0.717, 1.165) is 25.7 Å². The van der Waals surface area contributed by atoms with Gasteiger partial charge in [0.15, 0.2) is 0 Å². The van der Waals surface area contributed by atoms with E-state index in [1.165, 1.54) is 12.8 Å². The Hall–Kier alpha value is -0.830. The Morgan fingerprint density at radius 2 is 1.94 bits per heavy atom. The number of amides is 1. The van der Waals surface area contributed by atoms with Crippen LogP contribution in [0.4, 0.5) is 0 Å². The molecule has 0 aromatic carbocycles. The number of rotatable bonds is 3. The van der Waals surface area contributed by atoms with Gasteiger partial charge >= 0.3 is 0 Å². The molecule has 4 atom stereocenters. The summed E-state index contributed by atoms with van der Waals surface area (Å²) in [6.07, 6.45) is 11.0. The average molecular weight is 251 g/mol. The molecular weight excluding hydrogens is 226 g/mol. The number of carbonyl (C=O) groups excluding carboxylic acids is 1. The molecule has 3 nitrogen and oxygen atoms in total. The summed E-state index contributed by atoms with van der Waals surface area (Å²) < 4.78 is 5.49. The first-order valence-corrected chi connectivity index (χ1v) is 7.20. The van der Waals surface area contributed by atoms with Crippen molar-refractivity contribution >= 4 is 5.91 Å². The minimum atomic E-state index is 0.148. The van der Waals surface area contributed by atoms with Crippen LogP contribution in [-0.2, 0) is 9.53 Å². The van der Waals surface area contributed by atoms with Crippen molar-refractivity contribution in [1.82, 2.24) is 5.32 Å². The SMILES string of the molecule is CO[C@@H]1CCCC[C@H]1NC(=O)[C@@H]1CC=CC[C@H]1C. The highest BCUT2D eigenvalue weighted by Gasteiger charge is 2.31. The van der Waals surface area contributed by atoms with Crippen LogP contribution in [0.25, 0.3) is 0 Å². The largest absolute Gasteiger partial charge is 0.379 e. The van der Waals surface area contributed by atoms with Crippen molar-refractivity contribution in [3.63, 3.8) is 0 Å². The monoisotopic (exact) mass is 251 g/mol. The van der Waals surface area contributed by atoms with Crippen molar-refractivity contribution in [2.24, 2.45) is 11.8 Å². The molecule has 0 radical (unpaired) electrons. The van der Waals surface area contributed by atoms with Gasteiger partial charge in [0.2, 0.25) is 5.91 Å². The molecule has 1 saturated carbocycles. The van der Waals surface area contributed by atoms with Gasteiger partial charge in [-0.3, -0.25) is 4.79 Å². The van der Waals surface area contributed by atoms with Crippen molar-refractivity contribution in [3.05, 3.63) is 12.2 Å². The van der Waals surface area contributed by atoms with E-state index in [1.807, 2.05) is 0 Å². The zero-order chi connectivity index (χ0) is 13.0. The van der Waals surface area contributed by atoms with E-state index >= 15 is 0 Å². The van der Waals surface area contributed by atoms with Gasteiger partial charge < -0.3 is 10.1 Å². The number of ether oxygens (including phenoxy) is 1. The van der Waals surface area contributed by atoms with Crippen LogP contribution in [-0.4, -0.2) is 25.2 Å². The third kappa shape index (κ3) is 3.14. The molecule has 0 saturated heterocycles. The Bertz CT molecular complexity index is 314. The van der Waals surface area contributed by atoms with Crippen molar-refractivity contribution in [2.45, 2.75) is 57.6 Å². The molecule has 0 bridgehead atoms. The fraction of sp³-hybridized carbons (Fsp3) is 0.800. The third-order valence-corrected chi connectivity index (χ3v) is 4.42. The molecule has 2 rings (SSSR count). The van der Waals surface area contributed by atoms with Gasteiger partial charge in [-0.25, -0.2) is 0 Å². The maximum atomic E-state index is 12.3. The Balaban J connectivity index is 1.91. The highest BCUT2D eigenvalue weighted by atomic mass is 16.5. The average Bonchev–Trinajstić information content (AvgIpc) is 2.39. The summed E-state index contributed by atoms with van der Waals surface area (Å²) in [5.74, 6) is 0.829. The van der Waals surface area contributed by atoms with Gasteiger partial charge in [-0.05, 0) is 31.6 Å². The van der Waals surface area contributed by atoms with E-state index in [2.05, 4.69) is 24.4 Å². The molecule has 3 heteroatoms. The second-order valence-electron chi connectivity index (χ2n) is 5.70. The normalized spacial score (nSPS) is 36.3. The first-order valence-electron chi connectivity index (χ1n) is 7.20. The molecule has 0 aromatic rings. The summed E-state index contributed by atoms with van der Waals surface area (Å²) >= 11 is 0. The lowest BCUT2D eigenvalue weighted by Crippen LogP contribution is -2.48. The van der Waals surface area contributed by atoms with Crippen LogP contribution in [0.5, 0.6) is 0 Å². The minimum absolute atomic E-state index is 0.148. The van der Waals surface area contributed by atoms with Crippen LogP contribution in [0.1, 0.15) is 45.4 Å². The molecule has 0 unspecified atom stereocenters. The van der Waals surface area contributed by atoms with Gasteiger partial charge in [-0.15, -0.1) is 0 Å². The molecule has 18 heavy (non-hydrogen) atoms. The Kier molecular flexibility index (Phi) is 4.81. The van der Waals surface area contributed by atoms with Gasteiger partial charge in [-0.1, -0.05) is 31.9 Å². The van der Waals surface area contributed by atoms with E-state index in [4.69, 9.17) is 4.74 Å². The lowest BCUT2D eigenvalue weighted by Gasteiger charge is -2.33. The zero-order valence-electron chi connectivity index (χ0n) is 11.5. The van der Waals surface area contributed by atoms with Crippen LogP contribution < -0.4 is 5.32 Å². The van der Waals surface area contributed by atoms with Crippen molar-refractivity contribution < 1.29 is 9.53 Å². The van der Waals surface area contributed by atoms with Crippen molar-refractivity contribution in [3.8, 4) is 0 Å². The van der Waals surface area contributed by atoms with E-state index in [0.29, 0.717) is 5.92 Å². The van der Waals surface area contributed by atoms with Gasteiger partial charge in [-0.2, -0.15) is 0 Å². The van der Waals surface area contributed by atoms with Gasteiger partial charge in [0.1, 0.15) is 0 Å². The van der Waals surface area contributed by atoms with Gasteiger partial charge in [0, 0.05) is 13.0 Å². The van der Waals surface area contributed by atoms with Gasteiger partial charge in [0.25, 0.3) is 0 Å². The number of carbonyl (C=O) groups is 1. The van der Waals surface area contributed by atoms with E-state index in [1.54, 1.807) is 7.11 Å². The summed E-state index contributed by atoms with van der Waals surface area (Å²) in [6.45, 7) is 2.17. The number of methoxy groups -OCH3 is 1. The number of allylic oxidation sites excluding steroid dienone is 2. The van der Waals surface area contributed by atoms with Crippen LogP contribution in [0.3, 0.4) is 0 Å². The topological polar surface area (TPSA) is 38.3 Å². The van der Waals surface area contributed by atoms with E-state index < -0.39 is 0 Å². The predicted octanol–water partition coefficient (Wildman–Crippen LogP) is 2.66. The second-order valence-corrected chi connectivity index (χ2v) is 5.70. The lowest BCUT2D eigenvalue weighted by molar-refractivity contribution is -0.128. The standard InChI is InChI=1S/C15H25NO2/c1-11-7-3-4-8-12(11)15(17)16-13-9-5-6-10-14(13)18-2/h3-4,11-14H,5-10H2,1-2H3,(H,16,17)/t11-,12-,13-,14-/m1/s1. The number of hydrogen-bond donors (Lipinski definition) is 1. The van der Waals surface area contributed by atoms with Crippen LogP contribution in [0.2, 0.25) is 0 Å². The van der Waals surface area contributed by atoms with Crippen LogP contribution in [0.15, 0.2) is 12.2 Å². The molecular formula is C15H25NO2. The maximum absolute atomic E-state index is 12.3. The molecule has 1 fully saturated rings. The zero-order valence-corrected chi connectivity index (χ0v) is 11.5. The minimum Gasteiger partial charge on any atom is -0.379 e. The highest BCUT2D eigenvalue weighted by Crippen LogP contribution is 2.26. The van der Waals surface area contributed by atoms with Crippen molar-refractivity contribution in [1.29, 1.82) is 0 Å². The summed E-state index contributed by atoms with van der Waals surface area (Å²) in [5, 5.41) is 3.22. The lowest BCUT2D eigenvalue weighted by atomic mass is 9.83. The van der Waals surface area contributed by atoms with Crippen LogP contribution >= 0.6 is 0 Å².